The van der Waals surface area contributed by atoms with Crippen LogP contribution >= 0.6 is 0 Å². The molecular weight excluding hydrogens is 438 g/mol. The van der Waals surface area contributed by atoms with E-state index in [0.717, 1.165) is 15.8 Å². The number of hydrogen-bond donors (Lipinski definition) is 2. The maximum atomic E-state index is 13.2. The molecule has 2 aromatic carbocycles. The first-order valence-electron chi connectivity index (χ1n) is 10.3. The maximum Gasteiger partial charge on any atom is 0.371 e. The van der Waals surface area contributed by atoms with Gasteiger partial charge in [0, 0.05) is 22.7 Å². The predicted molar refractivity (Wildman–Crippen MR) is 122 cm³/mol. The number of aromatic nitrogens is 1. The first-order valence-corrected chi connectivity index (χ1v) is 10.3. The number of aromatic carboxylic acids is 1. The molecule has 9 nitrogen and oxygen atoms in total. The Balaban J connectivity index is 1.55. The first-order chi connectivity index (χ1) is 16.4. The number of hydrogen-bond acceptors (Lipinski definition) is 5. The van der Waals surface area contributed by atoms with E-state index in [9.17, 15) is 19.2 Å². The van der Waals surface area contributed by atoms with Crippen LogP contribution in [0.3, 0.4) is 0 Å². The van der Waals surface area contributed by atoms with Gasteiger partial charge in [-0.05, 0) is 36.4 Å². The number of furan rings is 1. The number of amides is 4. The Labute approximate surface area is 192 Å². The Hall–Kier alpha value is -4.92. The monoisotopic (exact) mass is 455 g/mol. The maximum absolute atomic E-state index is 13.2. The van der Waals surface area contributed by atoms with Crippen LogP contribution in [-0.4, -0.2) is 33.5 Å². The third-order valence-electron chi connectivity index (χ3n) is 5.43. The number of urea groups is 1. The fraction of sp³-hybridized carbons (Fsp3) is 0.0400. The molecule has 168 valence electrons. The van der Waals surface area contributed by atoms with E-state index < -0.39 is 23.8 Å². The van der Waals surface area contributed by atoms with Gasteiger partial charge >= 0.3 is 12.0 Å². The van der Waals surface area contributed by atoms with Crippen molar-refractivity contribution in [2.75, 3.05) is 4.90 Å². The molecule has 1 fully saturated rings. The molecule has 1 aliphatic rings. The van der Waals surface area contributed by atoms with Gasteiger partial charge in [0.1, 0.15) is 11.3 Å². The molecule has 0 bridgehead atoms. The van der Waals surface area contributed by atoms with Gasteiger partial charge in [0.15, 0.2) is 0 Å². The third-order valence-corrected chi connectivity index (χ3v) is 5.43. The van der Waals surface area contributed by atoms with Crippen molar-refractivity contribution in [1.29, 1.82) is 0 Å². The average Bonchev–Trinajstić information content (AvgIpc) is 3.43. The molecular formula is C25H17N3O6. The van der Waals surface area contributed by atoms with Crippen molar-refractivity contribution in [3.05, 3.63) is 95.6 Å². The molecule has 2 N–H and O–H groups in total. The quantitative estimate of drug-likeness (QED) is 0.350. The van der Waals surface area contributed by atoms with Gasteiger partial charge in [-0.2, -0.15) is 0 Å². The zero-order valence-electron chi connectivity index (χ0n) is 17.6. The number of anilines is 1. The fourth-order valence-corrected chi connectivity index (χ4v) is 3.89. The molecule has 34 heavy (non-hydrogen) atoms. The molecule has 0 spiro atoms. The third kappa shape index (κ3) is 3.65. The highest BCUT2D eigenvalue weighted by Gasteiger charge is 2.36. The summed E-state index contributed by atoms with van der Waals surface area (Å²) in [5.41, 5.74) is 1.54. The summed E-state index contributed by atoms with van der Waals surface area (Å²) in [6, 6.07) is 17.9. The summed E-state index contributed by atoms with van der Waals surface area (Å²) in [7, 11) is 0. The highest BCUT2D eigenvalue weighted by Crippen LogP contribution is 2.27. The Bertz CT molecular complexity index is 1500. The van der Waals surface area contributed by atoms with E-state index in [2.05, 4.69) is 5.32 Å². The molecule has 0 saturated carbocycles. The minimum Gasteiger partial charge on any atom is -0.475 e. The number of imide groups is 2. The summed E-state index contributed by atoms with van der Waals surface area (Å²) < 4.78 is 7.20. The number of carbonyl (C=O) groups is 4. The number of carboxylic acids is 1. The van der Waals surface area contributed by atoms with Crippen molar-refractivity contribution in [2.45, 2.75) is 6.54 Å². The Morgan fingerprint density at radius 2 is 1.71 bits per heavy atom. The largest absolute Gasteiger partial charge is 0.475 e. The molecule has 1 aliphatic heterocycles. The van der Waals surface area contributed by atoms with E-state index in [0.29, 0.717) is 17.0 Å². The summed E-state index contributed by atoms with van der Waals surface area (Å²) in [5.74, 6) is -2.40. The lowest BCUT2D eigenvalue weighted by Crippen LogP contribution is -2.54. The van der Waals surface area contributed by atoms with Crippen LogP contribution < -0.4 is 10.2 Å². The summed E-state index contributed by atoms with van der Waals surface area (Å²) in [6.45, 7) is 0.242. The number of rotatable bonds is 5. The second-order valence-electron chi connectivity index (χ2n) is 7.59. The Kier molecular flexibility index (Phi) is 5.06. The molecule has 0 unspecified atom stereocenters. The molecule has 5 rings (SSSR count). The summed E-state index contributed by atoms with van der Waals surface area (Å²) >= 11 is 0. The fourth-order valence-electron chi connectivity index (χ4n) is 3.89. The number of fused-ring (bicyclic) bond motifs is 1. The van der Waals surface area contributed by atoms with E-state index in [-0.39, 0.29) is 17.9 Å². The van der Waals surface area contributed by atoms with Gasteiger partial charge in [-0.15, -0.1) is 0 Å². The number of para-hydroxylation sites is 2. The first kappa shape index (κ1) is 21.0. The smallest absolute Gasteiger partial charge is 0.371 e. The van der Waals surface area contributed by atoms with E-state index in [1.807, 2.05) is 28.8 Å². The highest BCUT2D eigenvalue weighted by atomic mass is 16.4. The van der Waals surface area contributed by atoms with Crippen molar-refractivity contribution in [1.82, 2.24) is 9.88 Å². The van der Waals surface area contributed by atoms with Crippen molar-refractivity contribution < 1.29 is 28.7 Å². The minimum absolute atomic E-state index is 0.163. The molecule has 9 heteroatoms. The van der Waals surface area contributed by atoms with E-state index in [1.165, 1.54) is 12.1 Å². The topological polar surface area (TPSA) is 122 Å². The van der Waals surface area contributed by atoms with Crippen molar-refractivity contribution in [3.8, 4) is 0 Å². The van der Waals surface area contributed by atoms with Crippen molar-refractivity contribution in [2.24, 2.45) is 0 Å². The van der Waals surface area contributed by atoms with Crippen molar-refractivity contribution >= 4 is 46.5 Å². The number of barbiturate groups is 1. The lowest BCUT2D eigenvalue weighted by Gasteiger charge is -2.26. The molecule has 0 atom stereocenters. The number of benzene rings is 2. The van der Waals surface area contributed by atoms with Gasteiger partial charge in [0.25, 0.3) is 11.8 Å². The normalized spacial score (nSPS) is 15.2. The summed E-state index contributed by atoms with van der Waals surface area (Å²) in [5, 5.41) is 12.1. The van der Waals surface area contributed by atoms with Gasteiger partial charge < -0.3 is 14.1 Å². The number of nitrogens with zero attached hydrogens (tertiary/aromatic N) is 2. The molecule has 4 amide bonds. The number of carboxylic acid groups (broad SMARTS) is 1. The molecule has 3 heterocycles. The number of carbonyl (C=O) groups excluding carboxylic acids is 3. The molecule has 4 aromatic rings. The van der Waals surface area contributed by atoms with Crippen LogP contribution in [-0.2, 0) is 16.1 Å². The van der Waals surface area contributed by atoms with Gasteiger partial charge in [-0.3, -0.25) is 14.9 Å². The van der Waals surface area contributed by atoms with Crippen LogP contribution in [0.2, 0.25) is 0 Å². The van der Waals surface area contributed by atoms with E-state index in [4.69, 9.17) is 9.52 Å². The SMILES string of the molecule is O=C1NC(=O)N(c2ccccc2)C(=O)C1=Cc1cn(Cc2ccc(C(=O)O)o2)c2ccccc12. The standard InChI is InChI=1S/C25H17N3O6/c29-22-19(23(30)28(25(33)26-22)16-6-2-1-3-7-16)12-15-13-27(20-9-5-4-8-18(15)20)14-17-10-11-21(34-17)24(31)32/h1-13H,14H2,(H,31,32)(H,26,29,33). The Morgan fingerprint density at radius 3 is 2.44 bits per heavy atom. The van der Waals surface area contributed by atoms with E-state index >= 15 is 0 Å². The average molecular weight is 455 g/mol. The Morgan fingerprint density at radius 1 is 0.971 bits per heavy atom. The molecule has 0 radical (unpaired) electrons. The molecule has 0 aliphatic carbocycles. The van der Waals surface area contributed by atoms with Gasteiger partial charge in [-0.25, -0.2) is 14.5 Å². The summed E-state index contributed by atoms with van der Waals surface area (Å²) in [6.07, 6.45) is 3.19. The zero-order valence-corrected chi connectivity index (χ0v) is 17.6. The van der Waals surface area contributed by atoms with Gasteiger partial charge in [0.05, 0.1) is 12.2 Å². The van der Waals surface area contributed by atoms with Crippen molar-refractivity contribution in [3.63, 3.8) is 0 Å². The minimum atomic E-state index is -1.16. The van der Waals surface area contributed by atoms with Gasteiger partial charge in [0.2, 0.25) is 5.76 Å². The van der Waals surface area contributed by atoms with Crippen LogP contribution in [0.5, 0.6) is 0 Å². The molecule has 1 saturated heterocycles. The van der Waals surface area contributed by atoms with Gasteiger partial charge in [-0.1, -0.05) is 36.4 Å². The van der Waals surface area contributed by atoms with Crippen LogP contribution in [0.25, 0.3) is 17.0 Å². The number of nitrogens with one attached hydrogen (secondary N) is 1. The van der Waals surface area contributed by atoms with E-state index in [1.54, 1.807) is 42.6 Å². The summed E-state index contributed by atoms with van der Waals surface area (Å²) in [4.78, 5) is 50.1. The van der Waals surface area contributed by atoms with Crippen LogP contribution in [0.15, 0.2) is 82.9 Å². The zero-order chi connectivity index (χ0) is 23.8. The predicted octanol–water partition coefficient (Wildman–Crippen LogP) is 3.65. The highest BCUT2D eigenvalue weighted by molar-refractivity contribution is 6.39. The lowest BCUT2D eigenvalue weighted by atomic mass is 10.1. The van der Waals surface area contributed by atoms with Crippen LogP contribution in [0, 0.1) is 0 Å². The molecule has 2 aromatic heterocycles. The van der Waals surface area contributed by atoms with Crippen LogP contribution in [0.1, 0.15) is 21.9 Å². The second-order valence-corrected chi connectivity index (χ2v) is 7.59. The second kappa shape index (κ2) is 8.21. The van der Waals surface area contributed by atoms with Crippen LogP contribution in [0.4, 0.5) is 10.5 Å². The lowest BCUT2D eigenvalue weighted by molar-refractivity contribution is -0.122.